The number of hydrogen-bond donors (Lipinski definition) is 3. The Labute approximate surface area is 101 Å². The number of aliphatic hydroxyl groups is 2. The topological polar surface area (TPSA) is 69.6 Å². The first-order valence-corrected chi connectivity index (χ1v) is 5.57. The Kier molecular flexibility index (Phi) is 4.26. The van der Waals surface area contributed by atoms with Gasteiger partial charge in [0.05, 0.1) is 18.2 Å². The van der Waals surface area contributed by atoms with E-state index in [2.05, 4.69) is 5.32 Å². The van der Waals surface area contributed by atoms with E-state index in [1.54, 1.807) is 45.0 Å². The molecule has 0 bridgehead atoms. The Balaban J connectivity index is 2.76. The Morgan fingerprint density at radius 3 is 2.29 bits per heavy atom. The first-order chi connectivity index (χ1) is 7.86. The molecule has 0 spiro atoms. The van der Waals surface area contributed by atoms with E-state index in [1.807, 2.05) is 0 Å². The smallest absolute Gasteiger partial charge is 0.251 e. The Hall–Kier alpha value is -1.39. The number of aliphatic hydroxyl groups excluding tert-OH is 2. The maximum absolute atomic E-state index is 11.9. The van der Waals surface area contributed by atoms with Gasteiger partial charge in [-0.3, -0.25) is 4.79 Å². The molecule has 0 heterocycles. The normalized spacial score (nSPS) is 13.2. The molecule has 1 aromatic carbocycles. The first kappa shape index (κ1) is 13.7. The second-order valence-electron chi connectivity index (χ2n) is 4.71. The summed E-state index contributed by atoms with van der Waals surface area (Å²) in [5, 5.41) is 21.2. The maximum atomic E-state index is 11.9. The van der Waals surface area contributed by atoms with Gasteiger partial charge in [-0.05, 0) is 38.5 Å². The molecule has 3 N–H and O–H groups in total. The standard InChI is InChI=1S/C13H19NO3/c1-9(16)13(2,3)14-12(17)11-6-4-10(8-15)5-7-11/h4-7,9,15-16H,8H2,1-3H3,(H,14,17). The van der Waals surface area contributed by atoms with Crippen molar-refractivity contribution in [1.82, 2.24) is 5.32 Å². The Bertz CT molecular complexity index is 382. The van der Waals surface area contributed by atoms with Crippen LogP contribution in [-0.2, 0) is 6.61 Å². The van der Waals surface area contributed by atoms with Gasteiger partial charge in [-0.25, -0.2) is 0 Å². The van der Waals surface area contributed by atoms with Crippen molar-refractivity contribution >= 4 is 5.91 Å². The van der Waals surface area contributed by atoms with E-state index in [1.165, 1.54) is 0 Å². The molecule has 0 saturated carbocycles. The lowest BCUT2D eigenvalue weighted by atomic mass is 9.98. The molecule has 4 heteroatoms. The summed E-state index contributed by atoms with van der Waals surface area (Å²) in [6.45, 7) is 5.12. The van der Waals surface area contributed by atoms with E-state index in [0.717, 1.165) is 5.56 Å². The SMILES string of the molecule is CC(O)C(C)(C)NC(=O)c1ccc(CO)cc1. The molecule has 1 atom stereocenters. The largest absolute Gasteiger partial charge is 0.392 e. The van der Waals surface area contributed by atoms with Crippen molar-refractivity contribution < 1.29 is 15.0 Å². The molecule has 0 aromatic heterocycles. The molecule has 1 aromatic rings. The number of carbonyl (C=O) groups is 1. The average Bonchev–Trinajstić information content (AvgIpc) is 2.28. The second-order valence-corrected chi connectivity index (χ2v) is 4.71. The lowest BCUT2D eigenvalue weighted by Crippen LogP contribution is -2.50. The lowest BCUT2D eigenvalue weighted by molar-refractivity contribution is 0.0709. The van der Waals surface area contributed by atoms with Crippen molar-refractivity contribution in [1.29, 1.82) is 0 Å². The zero-order valence-electron chi connectivity index (χ0n) is 10.4. The summed E-state index contributed by atoms with van der Waals surface area (Å²) < 4.78 is 0. The number of rotatable bonds is 4. The molecule has 0 radical (unpaired) electrons. The molecule has 1 amide bonds. The van der Waals surface area contributed by atoms with Gasteiger partial charge >= 0.3 is 0 Å². The lowest BCUT2D eigenvalue weighted by Gasteiger charge is -2.29. The molecule has 0 aliphatic rings. The van der Waals surface area contributed by atoms with Crippen molar-refractivity contribution in [3.63, 3.8) is 0 Å². The van der Waals surface area contributed by atoms with Gasteiger partial charge in [0.25, 0.3) is 5.91 Å². The summed E-state index contributed by atoms with van der Waals surface area (Å²) in [6.07, 6.45) is -0.636. The van der Waals surface area contributed by atoms with Crippen molar-refractivity contribution in [3.8, 4) is 0 Å². The monoisotopic (exact) mass is 237 g/mol. The minimum Gasteiger partial charge on any atom is -0.392 e. The third-order valence-electron chi connectivity index (χ3n) is 2.88. The van der Waals surface area contributed by atoms with E-state index < -0.39 is 11.6 Å². The fourth-order valence-electron chi connectivity index (χ4n) is 1.23. The van der Waals surface area contributed by atoms with Crippen LogP contribution in [0.5, 0.6) is 0 Å². The van der Waals surface area contributed by atoms with Crippen LogP contribution in [0.3, 0.4) is 0 Å². The third kappa shape index (κ3) is 3.54. The number of amides is 1. The minimum absolute atomic E-state index is 0.0406. The highest BCUT2D eigenvalue weighted by atomic mass is 16.3. The summed E-state index contributed by atoms with van der Waals surface area (Å²) >= 11 is 0. The van der Waals surface area contributed by atoms with Gasteiger partial charge in [0, 0.05) is 5.56 Å². The van der Waals surface area contributed by atoms with E-state index in [4.69, 9.17) is 5.11 Å². The van der Waals surface area contributed by atoms with Gasteiger partial charge in [0.2, 0.25) is 0 Å². The average molecular weight is 237 g/mol. The van der Waals surface area contributed by atoms with Crippen molar-refractivity contribution in [2.75, 3.05) is 0 Å². The quantitative estimate of drug-likeness (QED) is 0.733. The molecular weight excluding hydrogens is 218 g/mol. The highest BCUT2D eigenvalue weighted by Crippen LogP contribution is 2.11. The Morgan fingerprint density at radius 1 is 1.35 bits per heavy atom. The van der Waals surface area contributed by atoms with Crippen molar-refractivity contribution in [3.05, 3.63) is 35.4 Å². The van der Waals surface area contributed by atoms with Crippen LogP contribution >= 0.6 is 0 Å². The highest BCUT2D eigenvalue weighted by Gasteiger charge is 2.26. The van der Waals surface area contributed by atoms with Gasteiger partial charge in [-0.1, -0.05) is 12.1 Å². The molecule has 1 rings (SSSR count). The van der Waals surface area contributed by atoms with Crippen LogP contribution in [0.2, 0.25) is 0 Å². The van der Waals surface area contributed by atoms with Crippen molar-refractivity contribution in [2.24, 2.45) is 0 Å². The summed E-state index contributed by atoms with van der Waals surface area (Å²) in [5.41, 5.74) is 0.597. The van der Waals surface area contributed by atoms with E-state index in [9.17, 15) is 9.90 Å². The van der Waals surface area contributed by atoms with Crippen LogP contribution in [0.15, 0.2) is 24.3 Å². The summed E-state index contributed by atoms with van der Waals surface area (Å²) in [6, 6.07) is 6.70. The summed E-state index contributed by atoms with van der Waals surface area (Å²) in [7, 11) is 0. The Morgan fingerprint density at radius 2 is 1.88 bits per heavy atom. The van der Waals surface area contributed by atoms with Crippen LogP contribution < -0.4 is 5.32 Å². The predicted octanol–water partition coefficient (Wildman–Crippen LogP) is 1.07. The van der Waals surface area contributed by atoms with Gasteiger partial charge < -0.3 is 15.5 Å². The summed E-state index contributed by atoms with van der Waals surface area (Å²) in [4.78, 5) is 11.9. The van der Waals surface area contributed by atoms with Gasteiger partial charge in [0.15, 0.2) is 0 Å². The molecule has 0 fully saturated rings. The predicted molar refractivity (Wildman–Crippen MR) is 65.6 cm³/mol. The fraction of sp³-hybridized carbons (Fsp3) is 0.462. The van der Waals surface area contributed by atoms with Gasteiger partial charge in [-0.2, -0.15) is 0 Å². The number of hydrogen-bond acceptors (Lipinski definition) is 3. The van der Waals surface area contributed by atoms with Gasteiger partial charge in [-0.15, -0.1) is 0 Å². The molecule has 4 nitrogen and oxygen atoms in total. The van der Waals surface area contributed by atoms with Crippen LogP contribution in [-0.4, -0.2) is 27.8 Å². The number of benzene rings is 1. The number of nitrogens with one attached hydrogen (secondary N) is 1. The molecule has 17 heavy (non-hydrogen) atoms. The van der Waals surface area contributed by atoms with Crippen LogP contribution in [0.1, 0.15) is 36.7 Å². The fourth-order valence-corrected chi connectivity index (χ4v) is 1.23. The van der Waals surface area contributed by atoms with Crippen molar-refractivity contribution in [2.45, 2.75) is 39.0 Å². The van der Waals surface area contributed by atoms with Crippen LogP contribution in [0, 0.1) is 0 Å². The first-order valence-electron chi connectivity index (χ1n) is 5.57. The maximum Gasteiger partial charge on any atom is 0.251 e. The van der Waals surface area contributed by atoms with Crippen LogP contribution in [0.25, 0.3) is 0 Å². The zero-order chi connectivity index (χ0) is 13.1. The molecule has 0 aliphatic carbocycles. The summed E-state index contributed by atoms with van der Waals surface area (Å²) in [5.74, 6) is -0.236. The zero-order valence-corrected chi connectivity index (χ0v) is 10.4. The van der Waals surface area contributed by atoms with E-state index in [-0.39, 0.29) is 12.5 Å². The van der Waals surface area contributed by atoms with Crippen LogP contribution in [0.4, 0.5) is 0 Å². The second kappa shape index (κ2) is 5.29. The third-order valence-corrected chi connectivity index (χ3v) is 2.88. The highest BCUT2D eigenvalue weighted by molar-refractivity contribution is 5.94. The van der Waals surface area contributed by atoms with E-state index >= 15 is 0 Å². The minimum atomic E-state index is -0.674. The molecular formula is C13H19NO3. The van der Waals surface area contributed by atoms with Gasteiger partial charge in [0.1, 0.15) is 0 Å². The molecule has 0 saturated heterocycles. The molecule has 1 unspecified atom stereocenters. The number of carbonyl (C=O) groups excluding carboxylic acids is 1. The molecule has 0 aliphatic heterocycles. The molecule has 94 valence electrons. The van der Waals surface area contributed by atoms with E-state index in [0.29, 0.717) is 5.56 Å².